The summed E-state index contributed by atoms with van der Waals surface area (Å²) in [6.45, 7) is 5.30. The quantitative estimate of drug-likeness (QED) is 0.883. The normalized spacial score (nSPS) is 23.2. The van der Waals surface area contributed by atoms with Gasteiger partial charge in [0.25, 0.3) is 0 Å². The summed E-state index contributed by atoms with van der Waals surface area (Å²) in [6.07, 6.45) is 5.96. The summed E-state index contributed by atoms with van der Waals surface area (Å²) in [4.78, 5) is 0. The monoisotopic (exact) mass is 266 g/mol. The highest BCUT2D eigenvalue weighted by molar-refractivity contribution is 4.89. The van der Waals surface area contributed by atoms with E-state index in [1.165, 1.54) is 0 Å². The van der Waals surface area contributed by atoms with Crippen molar-refractivity contribution in [3.8, 4) is 0 Å². The first kappa shape index (κ1) is 13.0. The maximum absolute atomic E-state index is 5.74. The van der Waals surface area contributed by atoms with Gasteiger partial charge in [-0.15, -0.1) is 10.2 Å². The van der Waals surface area contributed by atoms with E-state index in [1.807, 2.05) is 0 Å². The van der Waals surface area contributed by atoms with Gasteiger partial charge in [0.15, 0.2) is 5.79 Å². The summed E-state index contributed by atoms with van der Waals surface area (Å²) in [5.74, 6) is 0.748. The zero-order valence-corrected chi connectivity index (χ0v) is 11.5. The molecule has 6 heteroatoms. The SMILES string of the molecule is CCn1cnnc1CNC1CCC2(CC1)OCCO2. The maximum atomic E-state index is 5.74. The molecule has 0 radical (unpaired) electrons. The lowest BCUT2D eigenvalue weighted by atomic mass is 9.90. The van der Waals surface area contributed by atoms with Crippen LogP contribution in [0.3, 0.4) is 0 Å². The molecule has 0 amide bonds. The van der Waals surface area contributed by atoms with E-state index in [0.29, 0.717) is 6.04 Å². The summed E-state index contributed by atoms with van der Waals surface area (Å²) < 4.78 is 13.6. The number of aromatic nitrogens is 3. The molecule has 1 aromatic heterocycles. The van der Waals surface area contributed by atoms with Gasteiger partial charge in [-0.3, -0.25) is 0 Å². The lowest BCUT2D eigenvalue weighted by Gasteiger charge is -2.35. The Kier molecular flexibility index (Phi) is 3.81. The first-order chi connectivity index (χ1) is 9.31. The van der Waals surface area contributed by atoms with E-state index in [-0.39, 0.29) is 5.79 Å². The molecule has 106 valence electrons. The predicted molar refractivity (Wildman–Crippen MR) is 69.4 cm³/mol. The van der Waals surface area contributed by atoms with Crippen LogP contribution in [0.2, 0.25) is 0 Å². The fourth-order valence-electron chi connectivity index (χ4n) is 2.96. The van der Waals surface area contributed by atoms with Crippen molar-refractivity contribution in [2.24, 2.45) is 0 Å². The van der Waals surface area contributed by atoms with Gasteiger partial charge >= 0.3 is 0 Å². The molecule has 19 heavy (non-hydrogen) atoms. The molecule has 1 N–H and O–H groups in total. The van der Waals surface area contributed by atoms with E-state index in [4.69, 9.17) is 9.47 Å². The van der Waals surface area contributed by atoms with E-state index in [0.717, 1.165) is 57.8 Å². The van der Waals surface area contributed by atoms with Crippen LogP contribution in [0.15, 0.2) is 6.33 Å². The van der Waals surface area contributed by atoms with Crippen LogP contribution in [0.4, 0.5) is 0 Å². The summed E-state index contributed by atoms with van der Waals surface area (Å²) in [6, 6.07) is 0.528. The molecule has 0 unspecified atom stereocenters. The molecule has 0 bridgehead atoms. The smallest absolute Gasteiger partial charge is 0.168 e. The van der Waals surface area contributed by atoms with E-state index in [1.54, 1.807) is 6.33 Å². The molecule has 1 aliphatic carbocycles. The Hall–Kier alpha value is -0.980. The maximum Gasteiger partial charge on any atom is 0.168 e. The number of hydrogen-bond donors (Lipinski definition) is 1. The minimum Gasteiger partial charge on any atom is -0.348 e. The Labute approximate surface area is 113 Å². The van der Waals surface area contributed by atoms with Crippen LogP contribution in [-0.4, -0.2) is 39.8 Å². The van der Waals surface area contributed by atoms with Crippen LogP contribution in [0.5, 0.6) is 0 Å². The molecule has 2 fully saturated rings. The number of rotatable bonds is 4. The molecule has 2 heterocycles. The third-order valence-electron chi connectivity index (χ3n) is 4.15. The van der Waals surface area contributed by atoms with Crippen LogP contribution in [0, 0.1) is 0 Å². The Morgan fingerprint density at radius 2 is 2.11 bits per heavy atom. The van der Waals surface area contributed by atoms with Crippen LogP contribution in [-0.2, 0) is 22.6 Å². The van der Waals surface area contributed by atoms with Crippen molar-refractivity contribution >= 4 is 0 Å². The first-order valence-corrected chi connectivity index (χ1v) is 7.19. The summed E-state index contributed by atoms with van der Waals surface area (Å²) in [5.41, 5.74) is 0. The van der Waals surface area contributed by atoms with Crippen molar-refractivity contribution in [1.29, 1.82) is 0 Å². The average molecular weight is 266 g/mol. The van der Waals surface area contributed by atoms with Crippen molar-refractivity contribution in [1.82, 2.24) is 20.1 Å². The fraction of sp³-hybridized carbons (Fsp3) is 0.846. The highest BCUT2D eigenvalue weighted by Gasteiger charge is 2.40. The number of ether oxygens (including phenoxy) is 2. The molecule has 1 aromatic rings. The second-order valence-electron chi connectivity index (χ2n) is 5.30. The van der Waals surface area contributed by atoms with Gasteiger partial charge in [-0.25, -0.2) is 0 Å². The summed E-state index contributed by atoms with van der Waals surface area (Å²) >= 11 is 0. The van der Waals surface area contributed by atoms with Gasteiger partial charge in [0.05, 0.1) is 19.8 Å². The topological polar surface area (TPSA) is 61.2 Å². The van der Waals surface area contributed by atoms with Crippen molar-refractivity contribution in [3.63, 3.8) is 0 Å². The van der Waals surface area contributed by atoms with Gasteiger partial charge < -0.3 is 19.4 Å². The average Bonchev–Trinajstić information content (AvgIpc) is 3.07. The molecular formula is C13H22N4O2. The highest BCUT2D eigenvalue weighted by Crippen LogP contribution is 2.35. The van der Waals surface area contributed by atoms with Crippen molar-refractivity contribution < 1.29 is 9.47 Å². The van der Waals surface area contributed by atoms with Gasteiger partial charge in [0.2, 0.25) is 0 Å². The number of aryl methyl sites for hydroxylation is 1. The first-order valence-electron chi connectivity index (χ1n) is 7.19. The molecule has 0 aromatic carbocycles. The second-order valence-corrected chi connectivity index (χ2v) is 5.30. The zero-order chi connectivity index (χ0) is 13.1. The van der Waals surface area contributed by atoms with E-state index in [2.05, 4.69) is 27.0 Å². The highest BCUT2D eigenvalue weighted by atomic mass is 16.7. The Morgan fingerprint density at radius 3 is 2.79 bits per heavy atom. The Bertz CT molecular complexity index is 405. The molecule has 2 aliphatic rings. The number of nitrogens with one attached hydrogen (secondary N) is 1. The molecule has 3 rings (SSSR count). The van der Waals surface area contributed by atoms with Gasteiger partial charge in [0.1, 0.15) is 12.2 Å². The van der Waals surface area contributed by atoms with Crippen LogP contribution >= 0.6 is 0 Å². The van der Waals surface area contributed by atoms with Gasteiger partial charge in [-0.05, 0) is 19.8 Å². The van der Waals surface area contributed by atoms with Crippen LogP contribution < -0.4 is 5.32 Å². The lowest BCUT2D eigenvalue weighted by Crippen LogP contribution is -2.42. The van der Waals surface area contributed by atoms with Gasteiger partial charge in [0, 0.05) is 25.4 Å². The van der Waals surface area contributed by atoms with Crippen LogP contribution in [0.25, 0.3) is 0 Å². The van der Waals surface area contributed by atoms with E-state index < -0.39 is 0 Å². The molecule has 1 spiro atoms. The predicted octanol–water partition coefficient (Wildman–Crippen LogP) is 1.07. The van der Waals surface area contributed by atoms with Crippen LogP contribution in [0.1, 0.15) is 38.4 Å². The third-order valence-corrected chi connectivity index (χ3v) is 4.15. The third kappa shape index (κ3) is 2.80. The van der Waals surface area contributed by atoms with Gasteiger partial charge in [-0.2, -0.15) is 0 Å². The molecule has 1 saturated heterocycles. The molecule has 6 nitrogen and oxygen atoms in total. The minimum absolute atomic E-state index is 0.262. The minimum atomic E-state index is -0.262. The molecular weight excluding hydrogens is 244 g/mol. The summed E-state index contributed by atoms with van der Waals surface area (Å²) in [7, 11) is 0. The van der Waals surface area contributed by atoms with E-state index in [9.17, 15) is 0 Å². The molecule has 1 aliphatic heterocycles. The van der Waals surface area contributed by atoms with Crippen molar-refractivity contribution in [2.45, 2.75) is 57.5 Å². The zero-order valence-electron chi connectivity index (χ0n) is 11.5. The van der Waals surface area contributed by atoms with Crippen molar-refractivity contribution in [3.05, 3.63) is 12.2 Å². The summed E-state index contributed by atoms with van der Waals surface area (Å²) in [5, 5.41) is 11.7. The number of hydrogen-bond acceptors (Lipinski definition) is 5. The van der Waals surface area contributed by atoms with Gasteiger partial charge in [-0.1, -0.05) is 0 Å². The molecule has 1 saturated carbocycles. The van der Waals surface area contributed by atoms with Crippen molar-refractivity contribution in [2.75, 3.05) is 13.2 Å². The largest absolute Gasteiger partial charge is 0.348 e. The Morgan fingerprint density at radius 1 is 1.37 bits per heavy atom. The standard InChI is InChI=1S/C13H22N4O2/c1-2-17-10-15-16-12(17)9-14-11-3-5-13(6-4-11)18-7-8-19-13/h10-11,14H,2-9H2,1H3. The second kappa shape index (κ2) is 5.56. The van der Waals surface area contributed by atoms with E-state index >= 15 is 0 Å². The Balaban J connectivity index is 1.47. The number of nitrogens with zero attached hydrogens (tertiary/aromatic N) is 3. The fourth-order valence-corrected chi connectivity index (χ4v) is 2.96. The lowest BCUT2D eigenvalue weighted by molar-refractivity contribution is -0.179. The molecule has 0 atom stereocenters.